The van der Waals surface area contributed by atoms with Crippen molar-refractivity contribution in [2.75, 3.05) is 9.03 Å². The van der Waals surface area contributed by atoms with E-state index in [0.717, 1.165) is 0 Å². The quantitative estimate of drug-likeness (QED) is 0.442. The van der Waals surface area contributed by atoms with Gasteiger partial charge in [-0.1, -0.05) is 6.07 Å². The monoisotopic (exact) mass is 502 g/mol. The molecule has 5 rings (SSSR count). The Morgan fingerprint density at radius 2 is 1.79 bits per heavy atom. The third kappa shape index (κ3) is 3.78. The SMILES string of the molecule is CC1CCc2cc(F)ccc2N1S(=O)(=O)c1ccc(NS(=O)(=O)c2cccc3nonc23)cc1. The van der Waals surface area contributed by atoms with E-state index in [0.29, 0.717) is 29.6 Å². The predicted molar refractivity (Wildman–Crippen MR) is 123 cm³/mol. The molecule has 0 amide bonds. The third-order valence-electron chi connectivity index (χ3n) is 5.71. The van der Waals surface area contributed by atoms with Crippen molar-refractivity contribution in [2.24, 2.45) is 0 Å². The molecule has 0 spiro atoms. The van der Waals surface area contributed by atoms with E-state index in [2.05, 4.69) is 19.7 Å². The summed E-state index contributed by atoms with van der Waals surface area (Å²) in [6.45, 7) is 1.80. The predicted octanol–water partition coefficient (Wildman–Crippen LogP) is 3.69. The molecule has 0 saturated carbocycles. The highest BCUT2D eigenvalue weighted by Crippen LogP contribution is 2.36. The van der Waals surface area contributed by atoms with Crippen LogP contribution < -0.4 is 9.03 Å². The molecule has 1 aromatic heterocycles. The minimum Gasteiger partial charge on any atom is -0.280 e. The number of hydrogen-bond donors (Lipinski definition) is 1. The largest absolute Gasteiger partial charge is 0.280 e. The molecule has 1 aliphatic heterocycles. The molecule has 0 bridgehead atoms. The summed E-state index contributed by atoms with van der Waals surface area (Å²) in [6.07, 6.45) is 1.13. The highest BCUT2D eigenvalue weighted by Gasteiger charge is 2.34. The number of sulfonamides is 2. The molecule has 2 heterocycles. The summed E-state index contributed by atoms with van der Waals surface area (Å²) in [7, 11) is -8.01. The van der Waals surface area contributed by atoms with Gasteiger partial charge in [0.1, 0.15) is 16.2 Å². The minimum absolute atomic E-state index is 0.0118. The van der Waals surface area contributed by atoms with Gasteiger partial charge in [-0.25, -0.2) is 25.9 Å². The fourth-order valence-electron chi connectivity index (χ4n) is 4.07. The van der Waals surface area contributed by atoms with E-state index in [1.54, 1.807) is 13.0 Å². The van der Waals surface area contributed by atoms with Gasteiger partial charge in [0.15, 0.2) is 5.52 Å². The van der Waals surface area contributed by atoms with Crippen LogP contribution in [-0.2, 0) is 26.5 Å². The summed E-state index contributed by atoms with van der Waals surface area (Å²) in [4.78, 5) is -0.129. The first-order valence-corrected chi connectivity index (χ1v) is 13.3. The number of fused-ring (bicyclic) bond motifs is 2. The maximum absolute atomic E-state index is 13.7. The molecule has 0 radical (unpaired) electrons. The molecule has 1 N–H and O–H groups in total. The summed E-state index contributed by atoms with van der Waals surface area (Å²) in [5, 5.41) is 7.28. The van der Waals surface area contributed by atoms with Gasteiger partial charge in [-0.3, -0.25) is 9.03 Å². The number of nitrogens with one attached hydrogen (secondary N) is 1. The average molecular weight is 503 g/mol. The first-order chi connectivity index (χ1) is 16.2. The van der Waals surface area contributed by atoms with Crippen molar-refractivity contribution in [1.82, 2.24) is 10.3 Å². The van der Waals surface area contributed by atoms with Gasteiger partial charge < -0.3 is 0 Å². The Labute approximate surface area is 195 Å². The van der Waals surface area contributed by atoms with Gasteiger partial charge in [0, 0.05) is 11.7 Å². The maximum Gasteiger partial charge on any atom is 0.264 e. The third-order valence-corrected chi connectivity index (χ3v) is 9.07. The van der Waals surface area contributed by atoms with Crippen LogP contribution in [0, 0.1) is 5.82 Å². The Kier molecular flexibility index (Phi) is 5.29. The average Bonchev–Trinajstić information content (AvgIpc) is 3.28. The number of rotatable bonds is 5. The molecule has 176 valence electrons. The van der Waals surface area contributed by atoms with Crippen molar-refractivity contribution in [3.05, 3.63) is 72.0 Å². The summed E-state index contributed by atoms with van der Waals surface area (Å²) in [6, 6.07) is 13.6. The molecular formula is C22H19FN4O5S2. The van der Waals surface area contributed by atoms with Crippen LogP contribution >= 0.6 is 0 Å². The van der Waals surface area contributed by atoms with Crippen molar-refractivity contribution in [3.8, 4) is 0 Å². The molecule has 3 aromatic carbocycles. The maximum atomic E-state index is 13.7. The van der Waals surface area contributed by atoms with E-state index < -0.39 is 25.9 Å². The molecule has 0 aliphatic carbocycles. The normalized spacial score (nSPS) is 16.4. The molecule has 4 aromatic rings. The first-order valence-electron chi connectivity index (χ1n) is 10.3. The van der Waals surface area contributed by atoms with Gasteiger partial charge in [-0.2, -0.15) is 0 Å². The number of aromatic nitrogens is 2. The van der Waals surface area contributed by atoms with Crippen LogP contribution in [0.5, 0.6) is 0 Å². The molecule has 1 aliphatic rings. The summed E-state index contributed by atoms with van der Waals surface area (Å²) < 4.78 is 74.6. The number of halogens is 1. The van der Waals surface area contributed by atoms with Crippen LogP contribution in [0.25, 0.3) is 11.0 Å². The van der Waals surface area contributed by atoms with Crippen LogP contribution in [0.4, 0.5) is 15.8 Å². The van der Waals surface area contributed by atoms with Gasteiger partial charge in [0.25, 0.3) is 20.0 Å². The number of aryl methyl sites for hydroxylation is 1. The zero-order chi connectivity index (χ0) is 24.1. The number of hydrogen-bond acceptors (Lipinski definition) is 7. The Bertz CT molecular complexity index is 1600. The highest BCUT2D eigenvalue weighted by molar-refractivity contribution is 7.93. The summed E-state index contributed by atoms with van der Waals surface area (Å²) in [5.41, 5.74) is 1.62. The van der Waals surface area contributed by atoms with Crippen LogP contribution in [0.2, 0.25) is 0 Å². The second-order valence-corrected chi connectivity index (χ2v) is 11.4. The molecule has 9 nitrogen and oxygen atoms in total. The molecule has 1 unspecified atom stereocenters. The lowest BCUT2D eigenvalue weighted by molar-refractivity contribution is 0.315. The zero-order valence-corrected chi connectivity index (χ0v) is 19.5. The fraction of sp³-hybridized carbons (Fsp3) is 0.182. The molecular weight excluding hydrogens is 483 g/mol. The van der Waals surface area contributed by atoms with Crippen LogP contribution in [0.15, 0.2) is 75.1 Å². The fourth-order valence-corrected chi connectivity index (χ4v) is 7.01. The zero-order valence-electron chi connectivity index (χ0n) is 17.8. The Balaban J connectivity index is 1.45. The second kappa shape index (κ2) is 8.06. The Morgan fingerprint density at radius 3 is 2.56 bits per heavy atom. The van der Waals surface area contributed by atoms with Gasteiger partial charge in [0.05, 0.1) is 10.6 Å². The van der Waals surface area contributed by atoms with E-state index in [9.17, 15) is 21.2 Å². The van der Waals surface area contributed by atoms with Gasteiger partial charge in [-0.15, -0.1) is 0 Å². The lowest BCUT2D eigenvalue weighted by atomic mass is 9.99. The molecule has 12 heteroatoms. The van der Waals surface area contributed by atoms with Gasteiger partial charge in [0.2, 0.25) is 0 Å². The number of nitrogens with zero attached hydrogens (tertiary/aromatic N) is 3. The highest BCUT2D eigenvalue weighted by atomic mass is 32.2. The van der Waals surface area contributed by atoms with Crippen molar-refractivity contribution in [2.45, 2.75) is 35.6 Å². The number of benzene rings is 3. The van der Waals surface area contributed by atoms with Gasteiger partial charge in [-0.05, 0) is 90.2 Å². The van der Waals surface area contributed by atoms with Crippen LogP contribution in [0.3, 0.4) is 0 Å². The standard InChI is InChI=1S/C22H19FN4O5S2/c1-14-5-6-15-13-16(23)7-12-20(15)27(14)34(30,31)18-10-8-17(9-11-18)26-33(28,29)21-4-2-3-19-22(21)25-32-24-19/h2-4,7-14,26H,5-6H2,1H3. The first kappa shape index (κ1) is 22.3. The molecule has 34 heavy (non-hydrogen) atoms. The Morgan fingerprint density at radius 1 is 1.03 bits per heavy atom. The lowest BCUT2D eigenvalue weighted by Crippen LogP contribution is -2.42. The smallest absolute Gasteiger partial charge is 0.264 e. The van der Waals surface area contributed by atoms with Gasteiger partial charge >= 0.3 is 0 Å². The van der Waals surface area contributed by atoms with E-state index >= 15 is 0 Å². The minimum atomic E-state index is -4.04. The van der Waals surface area contributed by atoms with E-state index in [4.69, 9.17) is 0 Å². The second-order valence-electron chi connectivity index (χ2n) is 7.98. The number of anilines is 2. The van der Waals surface area contributed by atoms with E-state index in [1.165, 1.54) is 58.9 Å². The van der Waals surface area contributed by atoms with Crippen molar-refractivity contribution >= 4 is 42.5 Å². The van der Waals surface area contributed by atoms with Crippen molar-refractivity contribution in [3.63, 3.8) is 0 Å². The Hall–Kier alpha value is -3.51. The van der Waals surface area contributed by atoms with Crippen LogP contribution in [-0.4, -0.2) is 33.2 Å². The van der Waals surface area contributed by atoms with E-state index in [1.807, 2.05) is 0 Å². The summed E-state index contributed by atoms with van der Waals surface area (Å²) >= 11 is 0. The molecule has 0 saturated heterocycles. The van der Waals surface area contributed by atoms with Crippen molar-refractivity contribution < 1.29 is 25.9 Å². The molecule has 0 fully saturated rings. The molecule has 1 atom stereocenters. The van der Waals surface area contributed by atoms with Crippen LogP contribution in [0.1, 0.15) is 18.9 Å². The lowest BCUT2D eigenvalue weighted by Gasteiger charge is -2.36. The topological polar surface area (TPSA) is 122 Å². The van der Waals surface area contributed by atoms with Crippen molar-refractivity contribution in [1.29, 1.82) is 0 Å². The van der Waals surface area contributed by atoms with E-state index in [-0.39, 0.29) is 27.0 Å². The summed E-state index contributed by atoms with van der Waals surface area (Å²) in [5.74, 6) is -0.417.